The predicted molar refractivity (Wildman–Crippen MR) is 223 cm³/mol. The molecular weight excluding hydrogens is 717 g/mol. The van der Waals surface area contributed by atoms with Gasteiger partial charge in [0.25, 0.3) is 5.91 Å². The van der Waals surface area contributed by atoms with Gasteiger partial charge in [-0.05, 0) is 76.9 Å². The minimum absolute atomic E-state index is 0.0791. The van der Waals surface area contributed by atoms with E-state index in [1.807, 2.05) is 60.7 Å². The zero-order chi connectivity index (χ0) is 40.8. The maximum Gasteiger partial charge on any atom is 0.308 e. The largest absolute Gasteiger partial charge is 0.508 e. The molecule has 0 bridgehead atoms. The number of amides is 2. The summed E-state index contributed by atoms with van der Waals surface area (Å²) in [5, 5.41) is 25.2. The number of ether oxygens (including phenoxy) is 1. The van der Waals surface area contributed by atoms with Crippen LogP contribution in [0.3, 0.4) is 0 Å². The average molecular weight is 771 g/mol. The van der Waals surface area contributed by atoms with Crippen molar-refractivity contribution in [2.45, 2.75) is 84.1 Å². The number of rotatable bonds is 19. The summed E-state index contributed by atoms with van der Waals surface area (Å²) in [6.07, 6.45) is 9.86. The molecule has 0 radical (unpaired) electrons. The third-order valence-electron chi connectivity index (χ3n) is 9.93. The van der Waals surface area contributed by atoms with Crippen molar-refractivity contribution in [3.63, 3.8) is 0 Å². The summed E-state index contributed by atoms with van der Waals surface area (Å²) in [5.41, 5.74) is 5.53. The van der Waals surface area contributed by atoms with Crippen LogP contribution in [0.2, 0.25) is 0 Å². The van der Waals surface area contributed by atoms with Gasteiger partial charge in [-0.2, -0.15) is 0 Å². The zero-order valence-corrected chi connectivity index (χ0v) is 33.3. The summed E-state index contributed by atoms with van der Waals surface area (Å²) in [4.78, 5) is 48.5. The van der Waals surface area contributed by atoms with Crippen molar-refractivity contribution in [1.82, 2.24) is 20.6 Å². The number of aromatic nitrogens is 2. The molecule has 5 rings (SSSR count). The van der Waals surface area contributed by atoms with E-state index in [1.54, 1.807) is 36.7 Å². The Morgan fingerprint density at radius 3 is 1.93 bits per heavy atom. The molecule has 5 aromatic rings. The lowest BCUT2D eigenvalue weighted by Gasteiger charge is -2.21. The summed E-state index contributed by atoms with van der Waals surface area (Å²) in [5.74, 6) is -1.45. The monoisotopic (exact) mass is 770 g/mol. The van der Waals surface area contributed by atoms with E-state index in [9.17, 15) is 24.6 Å². The molecule has 1 heterocycles. The number of phenolic OH excluding ortho intramolecular Hbond substituents is 1. The Kier molecular flexibility index (Phi) is 14.9. The number of aliphatic carboxylic acids is 1. The van der Waals surface area contributed by atoms with E-state index in [1.165, 1.54) is 37.8 Å². The molecule has 1 aromatic heterocycles. The highest BCUT2D eigenvalue weighted by Gasteiger charge is 2.26. The number of aromatic hydroxyl groups is 1. The molecule has 10 heteroatoms. The van der Waals surface area contributed by atoms with Gasteiger partial charge in [0.2, 0.25) is 5.91 Å². The first kappa shape index (κ1) is 42.1. The van der Waals surface area contributed by atoms with E-state index in [2.05, 4.69) is 48.3 Å². The topological polar surface area (TPSA) is 151 Å². The third-order valence-corrected chi connectivity index (χ3v) is 9.93. The van der Waals surface area contributed by atoms with Gasteiger partial charge in [-0.25, -0.2) is 9.97 Å². The van der Waals surface area contributed by atoms with E-state index in [-0.39, 0.29) is 30.6 Å². The summed E-state index contributed by atoms with van der Waals surface area (Å²) in [6.45, 7) is 9.05. The normalized spacial score (nSPS) is 12.4. The average Bonchev–Trinajstić information content (AvgIpc) is 3.21. The van der Waals surface area contributed by atoms with Gasteiger partial charge in [0.05, 0.1) is 12.5 Å². The van der Waals surface area contributed by atoms with Crippen LogP contribution in [-0.2, 0) is 27.8 Å². The summed E-state index contributed by atoms with van der Waals surface area (Å²) in [7, 11) is 0. The molecule has 0 aliphatic carbocycles. The van der Waals surface area contributed by atoms with E-state index in [0.29, 0.717) is 23.6 Å². The second kappa shape index (κ2) is 20.2. The summed E-state index contributed by atoms with van der Waals surface area (Å²) in [6, 6.07) is 28.0. The number of carbonyl (C=O) groups is 3. The van der Waals surface area contributed by atoms with Crippen molar-refractivity contribution in [1.29, 1.82) is 0 Å². The molecule has 10 nitrogen and oxygen atoms in total. The van der Waals surface area contributed by atoms with Gasteiger partial charge in [0, 0.05) is 42.0 Å². The van der Waals surface area contributed by atoms with Crippen LogP contribution in [0.5, 0.6) is 11.5 Å². The maximum atomic E-state index is 13.7. The molecule has 0 fully saturated rings. The Morgan fingerprint density at radius 2 is 1.32 bits per heavy atom. The van der Waals surface area contributed by atoms with Crippen LogP contribution in [0.15, 0.2) is 109 Å². The quantitative estimate of drug-likeness (QED) is 0.0610. The van der Waals surface area contributed by atoms with Gasteiger partial charge in [-0.1, -0.05) is 114 Å². The SMILES string of the molecule is CCCCCCCOc1ccc(-c2cnc(-c3ccc(C[C@H](NC(=O)c4ccc(C(C)(C)C)cc4)C(=O)NCC(Cc4ccc(O)cc4)C(=O)O)cc3)nc2)cc1. The fraction of sp³-hybridized carbons (Fsp3) is 0.340. The van der Waals surface area contributed by atoms with E-state index < -0.39 is 29.7 Å². The lowest BCUT2D eigenvalue weighted by molar-refractivity contribution is -0.141. The number of hydrogen-bond acceptors (Lipinski definition) is 7. The highest BCUT2D eigenvalue weighted by atomic mass is 16.5. The zero-order valence-electron chi connectivity index (χ0n) is 33.3. The minimum Gasteiger partial charge on any atom is -0.508 e. The maximum absolute atomic E-state index is 13.7. The number of carbonyl (C=O) groups excluding carboxylic acids is 2. The van der Waals surface area contributed by atoms with Gasteiger partial charge in [0.1, 0.15) is 17.5 Å². The van der Waals surface area contributed by atoms with Crippen LogP contribution in [0, 0.1) is 5.92 Å². The summed E-state index contributed by atoms with van der Waals surface area (Å²) >= 11 is 0. The van der Waals surface area contributed by atoms with Gasteiger partial charge in [-0.15, -0.1) is 0 Å². The van der Waals surface area contributed by atoms with Crippen LogP contribution >= 0.6 is 0 Å². The first-order valence-electron chi connectivity index (χ1n) is 19.7. The molecule has 2 atom stereocenters. The molecule has 0 aliphatic heterocycles. The smallest absolute Gasteiger partial charge is 0.308 e. The number of phenols is 1. The molecule has 0 saturated carbocycles. The standard InChI is InChI=1S/C47H54N4O6/c1-5-6-7-8-9-26-57-41-24-18-34(19-25-41)38-30-48-43(49-31-38)35-14-10-33(11-15-35)28-42(51-44(53)36-16-20-39(21-17-36)47(2,3)4)45(54)50-29-37(46(55)56)27-32-12-22-40(52)23-13-32/h10-25,30-31,37,42,52H,5-9,26-29H2,1-4H3,(H,50,54)(H,51,53)(H,55,56)/t37?,42-/m0/s1. The van der Waals surface area contributed by atoms with Gasteiger partial charge < -0.3 is 25.6 Å². The van der Waals surface area contributed by atoms with Crippen molar-refractivity contribution in [3.8, 4) is 34.0 Å². The van der Waals surface area contributed by atoms with Crippen LogP contribution in [0.1, 0.15) is 86.8 Å². The number of hydrogen-bond donors (Lipinski definition) is 4. The van der Waals surface area contributed by atoms with E-state index in [4.69, 9.17) is 4.74 Å². The highest BCUT2D eigenvalue weighted by Crippen LogP contribution is 2.25. The number of benzene rings is 4. The van der Waals surface area contributed by atoms with Gasteiger partial charge in [-0.3, -0.25) is 14.4 Å². The lowest BCUT2D eigenvalue weighted by atomic mass is 9.86. The van der Waals surface area contributed by atoms with Crippen LogP contribution in [-0.4, -0.2) is 57.2 Å². The van der Waals surface area contributed by atoms with Crippen molar-refractivity contribution < 1.29 is 29.3 Å². The van der Waals surface area contributed by atoms with Crippen LogP contribution in [0.25, 0.3) is 22.5 Å². The molecule has 4 aromatic carbocycles. The first-order valence-corrected chi connectivity index (χ1v) is 19.7. The number of nitrogens with zero attached hydrogens (tertiary/aromatic N) is 2. The van der Waals surface area contributed by atoms with Crippen molar-refractivity contribution in [2.75, 3.05) is 13.2 Å². The number of unbranched alkanes of at least 4 members (excludes halogenated alkanes) is 4. The molecule has 298 valence electrons. The fourth-order valence-corrected chi connectivity index (χ4v) is 6.37. The van der Waals surface area contributed by atoms with E-state index in [0.717, 1.165) is 40.0 Å². The molecular formula is C47H54N4O6. The molecule has 0 saturated heterocycles. The minimum atomic E-state index is -1.07. The summed E-state index contributed by atoms with van der Waals surface area (Å²) < 4.78 is 5.90. The van der Waals surface area contributed by atoms with Gasteiger partial charge in [0.15, 0.2) is 5.82 Å². The Labute approximate surface area is 335 Å². The van der Waals surface area contributed by atoms with Crippen molar-refractivity contribution in [3.05, 3.63) is 132 Å². The molecule has 57 heavy (non-hydrogen) atoms. The molecule has 2 amide bonds. The first-order chi connectivity index (χ1) is 27.4. The Balaban J connectivity index is 1.25. The van der Waals surface area contributed by atoms with E-state index >= 15 is 0 Å². The highest BCUT2D eigenvalue weighted by molar-refractivity contribution is 5.97. The Bertz CT molecular complexity index is 2040. The second-order valence-corrected chi connectivity index (χ2v) is 15.5. The third kappa shape index (κ3) is 12.7. The van der Waals surface area contributed by atoms with Gasteiger partial charge >= 0.3 is 5.97 Å². The number of carboxylic acids is 1. The van der Waals surface area contributed by atoms with Crippen molar-refractivity contribution in [2.24, 2.45) is 5.92 Å². The predicted octanol–water partition coefficient (Wildman–Crippen LogP) is 8.56. The molecule has 0 spiro atoms. The molecule has 4 N–H and O–H groups in total. The number of carboxylic acid groups (broad SMARTS) is 1. The fourth-order valence-electron chi connectivity index (χ4n) is 6.37. The van der Waals surface area contributed by atoms with Crippen LogP contribution in [0.4, 0.5) is 0 Å². The Morgan fingerprint density at radius 1 is 0.719 bits per heavy atom. The van der Waals surface area contributed by atoms with Crippen LogP contribution < -0.4 is 15.4 Å². The molecule has 1 unspecified atom stereocenters. The molecule has 0 aliphatic rings. The Hall–Kier alpha value is -6.03. The second-order valence-electron chi connectivity index (χ2n) is 15.5. The van der Waals surface area contributed by atoms with Crippen molar-refractivity contribution >= 4 is 17.8 Å². The number of nitrogens with one attached hydrogen (secondary N) is 2. The lowest BCUT2D eigenvalue weighted by Crippen LogP contribution is -2.49.